The Morgan fingerprint density at radius 2 is 1.71 bits per heavy atom. The lowest BCUT2D eigenvalue weighted by Gasteiger charge is -2.26. The van der Waals surface area contributed by atoms with E-state index in [9.17, 15) is 27.9 Å². The number of pyridine rings is 1. The first-order valence-corrected chi connectivity index (χ1v) is 11.6. The molecule has 2 heterocycles. The van der Waals surface area contributed by atoms with E-state index < -0.39 is 35.6 Å². The number of alkyl halides is 3. The first-order chi connectivity index (χ1) is 17.8. The van der Waals surface area contributed by atoms with Crippen molar-refractivity contribution in [2.24, 2.45) is 0 Å². The van der Waals surface area contributed by atoms with Crippen molar-refractivity contribution in [1.82, 2.24) is 4.98 Å². The minimum atomic E-state index is -4.88. The topological polar surface area (TPSA) is 89.0 Å². The number of Topliss-reactive ketones (excluding diaryl/α,β-unsaturated/α-hetero) is 1. The second kappa shape index (κ2) is 9.85. The van der Waals surface area contributed by atoms with Crippen molar-refractivity contribution in [1.29, 1.82) is 0 Å². The van der Waals surface area contributed by atoms with Crippen molar-refractivity contribution in [3.8, 4) is 11.5 Å². The highest BCUT2D eigenvalue weighted by Gasteiger charge is 2.47. The molecular weight excluding hydrogens is 501 g/mol. The molecule has 1 saturated heterocycles. The molecule has 198 valence electrons. The van der Waals surface area contributed by atoms with Gasteiger partial charge in [-0.25, -0.2) is 0 Å². The van der Waals surface area contributed by atoms with E-state index in [1.807, 2.05) is 20.8 Å². The molecule has 7 nitrogen and oxygen atoms in total. The maximum absolute atomic E-state index is 13.3. The highest BCUT2D eigenvalue weighted by molar-refractivity contribution is 6.51. The van der Waals surface area contributed by atoms with E-state index in [2.05, 4.69) is 9.72 Å². The van der Waals surface area contributed by atoms with Crippen LogP contribution < -0.4 is 14.4 Å². The standard InChI is InChI=1S/C28H25F3N2O5/c1-27(2,3)20-14-16(7-12-21(20)37-4)24(34)22-23(17-6-5-13-32-15-17)33(26(36)25(22)35)18-8-10-19(11-9-18)38-28(29,30)31/h5-15,23,34H,1-4H3/b24-22-. The largest absolute Gasteiger partial charge is 0.573 e. The number of aliphatic hydroxyl groups excluding tert-OH is 1. The van der Waals surface area contributed by atoms with Gasteiger partial charge in [0.2, 0.25) is 0 Å². The smallest absolute Gasteiger partial charge is 0.507 e. The van der Waals surface area contributed by atoms with Crippen LogP contribution >= 0.6 is 0 Å². The number of halogens is 3. The average molecular weight is 527 g/mol. The van der Waals surface area contributed by atoms with Crippen LogP contribution in [0.4, 0.5) is 18.9 Å². The Hall–Kier alpha value is -4.34. The highest BCUT2D eigenvalue weighted by atomic mass is 19.4. The lowest BCUT2D eigenvalue weighted by Crippen LogP contribution is -2.29. The maximum Gasteiger partial charge on any atom is 0.573 e. The van der Waals surface area contributed by atoms with Gasteiger partial charge in [-0.1, -0.05) is 26.8 Å². The van der Waals surface area contributed by atoms with E-state index in [4.69, 9.17) is 4.74 Å². The molecule has 0 bridgehead atoms. The van der Waals surface area contributed by atoms with Gasteiger partial charge in [-0.3, -0.25) is 19.5 Å². The number of anilines is 1. The van der Waals surface area contributed by atoms with E-state index in [1.165, 1.54) is 31.6 Å². The number of hydrogen-bond donors (Lipinski definition) is 1. The average Bonchev–Trinajstić information content (AvgIpc) is 3.13. The number of carbonyl (C=O) groups excluding carboxylic acids is 2. The van der Waals surface area contributed by atoms with Gasteiger partial charge in [-0.2, -0.15) is 0 Å². The van der Waals surface area contributed by atoms with Crippen LogP contribution in [0.5, 0.6) is 11.5 Å². The lowest BCUT2D eigenvalue weighted by atomic mass is 9.84. The Kier molecular flexibility index (Phi) is 6.92. The Morgan fingerprint density at radius 1 is 1.03 bits per heavy atom. The van der Waals surface area contributed by atoms with Gasteiger partial charge in [0.1, 0.15) is 17.3 Å². The first-order valence-electron chi connectivity index (χ1n) is 11.6. The minimum absolute atomic E-state index is 0.139. The van der Waals surface area contributed by atoms with Gasteiger partial charge < -0.3 is 14.6 Å². The van der Waals surface area contributed by atoms with E-state index in [0.29, 0.717) is 16.9 Å². The number of hydrogen-bond acceptors (Lipinski definition) is 6. The summed E-state index contributed by atoms with van der Waals surface area (Å²) >= 11 is 0. The van der Waals surface area contributed by atoms with Crippen LogP contribution in [0, 0.1) is 0 Å². The van der Waals surface area contributed by atoms with Crippen LogP contribution in [-0.2, 0) is 15.0 Å². The van der Waals surface area contributed by atoms with Crippen molar-refractivity contribution in [3.63, 3.8) is 0 Å². The van der Waals surface area contributed by atoms with Gasteiger partial charge in [0.15, 0.2) is 0 Å². The molecule has 0 saturated carbocycles. The fourth-order valence-electron chi connectivity index (χ4n) is 4.36. The van der Waals surface area contributed by atoms with Crippen LogP contribution in [0.25, 0.3) is 5.76 Å². The number of ketones is 1. The second-order valence-corrected chi connectivity index (χ2v) is 9.66. The number of aromatic nitrogens is 1. The van der Waals surface area contributed by atoms with Gasteiger partial charge in [0.05, 0.1) is 18.7 Å². The molecule has 0 aliphatic carbocycles. The fourth-order valence-corrected chi connectivity index (χ4v) is 4.36. The molecule has 1 N–H and O–H groups in total. The van der Waals surface area contributed by atoms with Crippen molar-refractivity contribution in [2.45, 2.75) is 38.6 Å². The van der Waals surface area contributed by atoms with E-state index in [-0.39, 0.29) is 16.7 Å². The zero-order valence-corrected chi connectivity index (χ0v) is 21.0. The molecule has 38 heavy (non-hydrogen) atoms. The minimum Gasteiger partial charge on any atom is -0.507 e. The number of ether oxygens (including phenoxy) is 2. The molecule has 1 aromatic heterocycles. The fraction of sp³-hybridized carbons (Fsp3) is 0.250. The molecule has 4 rings (SSSR count). The maximum atomic E-state index is 13.3. The number of nitrogens with zero attached hydrogens (tertiary/aromatic N) is 2. The first kappa shape index (κ1) is 26.7. The zero-order valence-electron chi connectivity index (χ0n) is 21.0. The summed E-state index contributed by atoms with van der Waals surface area (Å²) < 4.78 is 47.2. The summed E-state index contributed by atoms with van der Waals surface area (Å²) in [5, 5.41) is 11.4. The quantitative estimate of drug-likeness (QED) is 0.253. The molecule has 1 fully saturated rings. The normalized spacial score (nSPS) is 17.6. The number of carbonyl (C=O) groups is 2. The summed E-state index contributed by atoms with van der Waals surface area (Å²) in [5.74, 6) is -2.18. The van der Waals surface area contributed by atoms with Crippen molar-refractivity contribution < 1.29 is 37.3 Å². The number of aliphatic hydroxyl groups is 1. The SMILES string of the molecule is COc1ccc(/C(O)=C2/C(=O)C(=O)N(c3ccc(OC(F)(F)F)cc3)C2c2cccnc2)cc1C(C)(C)C. The predicted molar refractivity (Wildman–Crippen MR) is 134 cm³/mol. The predicted octanol–water partition coefficient (Wildman–Crippen LogP) is 5.91. The Balaban J connectivity index is 1.87. The Bertz CT molecular complexity index is 1390. The van der Waals surface area contributed by atoms with E-state index >= 15 is 0 Å². The summed E-state index contributed by atoms with van der Waals surface area (Å²) in [7, 11) is 1.53. The molecular formula is C28H25F3N2O5. The number of amides is 1. The zero-order chi connectivity index (χ0) is 27.8. The number of rotatable bonds is 5. The van der Waals surface area contributed by atoms with Crippen LogP contribution in [-0.4, -0.2) is 35.3 Å². The van der Waals surface area contributed by atoms with Gasteiger partial charge in [-0.15, -0.1) is 13.2 Å². The second-order valence-electron chi connectivity index (χ2n) is 9.66. The Labute approximate surface area is 217 Å². The van der Waals surface area contributed by atoms with Crippen LogP contribution in [0.3, 0.4) is 0 Å². The van der Waals surface area contributed by atoms with Gasteiger partial charge in [0, 0.05) is 29.2 Å². The van der Waals surface area contributed by atoms with Crippen molar-refractivity contribution >= 4 is 23.1 Å². The third-order valence-electron chi connectivity index (χ3n) is 6.07. The molecule has 0 spiro atoms. The summed E-state index contributed by atoms with van der Waals surface area (Å²) in [6, 6.07) is 11.7. The summed E-state index contributed by atoms with van der Waals surface area (Å²) in [4.78, 5) is 31.8. The van der Waals surface area contributed by atoms with Crippen LogP contribution in [0.2, 0.25) is 0 Å². The number of benzene rings is 2. The molecule has 1 atom stereocenters. The monoisotopic (exact) mass is 526 g/mol. The Morgan fingerprint density at radius 3 is 2.26 bits per heavy atom. The number of methoxy groups -OCH3 is 1. The molecule has 1 amide bonds. The highest BCUT2D eigenvalue weighted by Crippen LogP contribution is 2.43. The summed E-state index contributed by atoms with van der Waals surface area (Å²) in [6.45, 7) is 5.90. The molecule has 10 heteroatoms. The molecule has 1 aliphatic heterocycles. The van der Waals surface area contributed by atoms with Crippen molar-refractivity contribution in [3.05, 3.63) is 89.3 Å². The molecule has 2 aromatic carbocycles. The summed E-state index contributed by atoms with van der Waals surface area (Å²) in [5.41, 5.74) is 1.10. The lowest BCUT2D eigenvalue weighted by molar-refractivity contribution is -0.274. The van der Waals surface area contributed by atoms with Gasteiger partial charge in [0.25, 0.3) is 11.7 Å². The van der Waals surface area contributed by atoms with E-state index in [1.54, 1.807) is 30.3 Å². The van der Waals surface area contributed by atoms with Crippen LogP contribution in [0.15, 0.2) is 72.6 Å². The van der Waals surface area contributed by atoms with E-state index in [0.717, 1.165) is 22.6 Å². The third kappa shape index (κ3) is 5.20. The molecule has 0 radical (unpaired) electrons. The summed E-state index contributed by atoms with van der Waals surface area (Å²) in [6.07, 6.45) is -1.92. The molecule has 3 aromatic rings. The molecule has 1 unspecified atom stereocenters. The third-order valence-corrected chi connectivity index (χ3v) is 6.07. The van der Waals surface area contributed by atoms with Crippen LogP contribution in [0.1, 0.15) is 43.5 Å². The van der Waals surface area contributed by atoms with Crippen molar-refractivity contribution in [2.75, 3.05) is 12.0 Å². The molecule has 1 aliphatic rings. The van der Waals surface area contributed by atoms with Gasteiger partial charge in [-0.05, 0) is 59.5 Å². The van der Waals surface area contributed by atoms with Gasteiger partial charge >= 0.3 is 6.36 Å².